The van der Waals surface area contributed by atoms with E-state index in [4.69, 9.17) is 0 Å². The minimum atomic E-state index is -0.217. The van der Waals surface area contributed by atoms with E-state index >= 15 is 0 Å². The topological polar surface area (TPSA) is 61.4 Å². The van der Waals surface area contributed by atoms with Gasteiger partial charge in [0.15, 0.2) is 0 Å². The van der Waals surface area contributed by atoms with Crippen molar-refractivity contribution in [1.82, 2.24) is 10.6 Å². The van der Waals surface area contributed by atoms with Crippen molar-refractivity contribution < 1.29 is 9.90 Å². The van der Waals surface area contributed by atoms with Gasteiger partial charge in [0.25, 0.3) is 0 Å². The number of fused-ring (bicyclic) bond motifs is 1. The molecule has 108 valence electrons. The number of hydrogen-bond acceptors (Lipinski definition) is 3. The third kappa shape index (κ3) is 3.06. The number of amides is 1. The van der Waals surface area contributed by atoms with Crippen molar-refractivity contribution in [2.24, 2.45) is 0 Å². The quantitative estimate of drug-likeness (QED) is 0.803. The van der Waals surface area contributed by atoms with Gasteiger partial charge in [-0.1, -0.05) is 42.5 Å². The molecule has 3 rings (SSSR count). The van der Waals surface area contributed by atoms with Crippen molar-refractivity contribution in [3.8, 4) is 5.75 Å². The smallest absolute Gasteiger partial charge is 0.237 e. The molecule has 4 nitrogen and oxygen atoms in total. The third-order valence-corrected chi connectivity index (χ3v) is 3.84. The lowest BCUT2D eigenvalue weighted by Crippen LogP contribution is -2.47. The number of carbonyl (C=O) groups is 1. The van der Waals surface area contributed by atoms with Gasteiger partial charge in [-0.15, -0.1) is 0 Å². The number of para-hydroxylation sites is 1. The highest BCUT2D eigenvalue weighted by Gasteiger charge is 2.23. The fourth-order valence-corrected chi connectivity index (χ4v) is 2.61. The van der Waals surface area contributed by atoms with Crippen LogP contribution in [0.5, 0.6) is 5.75 Å². The number of carbonyl (C=O) groups excluding carboxylic acids is 1. The highest BCUT2D eigenvalue weighted by molar-refractivity contribution is 5.82. The summed E-state index contributed by atoms with van der Waals surface area (Å²) in [6, 6.07) is 15.0. The molecule has 0 bridgehead atoms. The number of benzene rings is 2. The van der Waals surface area contributed by atoms with E-state index in [1.807, 2.05) is 18.2 Å². The molecule has 3 N–H and O–H groups in total. The third-order valence-electron chi connectivity index (χ3n) is 3.84. The molecule has 0 unspecified atom stereocenters. The molecule has 0 aromatic heterocycles. The zero-order valence-corrected chi connectivity index (χ0v) is 11.7. The second-order valence-electron chi connectivity index (χ2n) is 5.25. The highest BCUT2D eigenvalue weighted by Crippen LogP contribution is 2.17. The molecule has 0 radical (unpaired) electrons. The van der Waals surface area contributed by atoms with Gasteiger partial charge in [-0.25, -0.2) is 0 Å². The Balaban J connectivity index is 1.61. The summed E-state index contributed by atoms with van der Waals surface area (Å²) in [5.74, 6) is 0.174. The van der Waals surface area contributed by atoms with E-state index in [0.29, 0.717) is 19.5 Å². The standard InChI is InChI=1S/C17H18N2O2/c20-16-8-4-3-7-14(16)11-19-17(21)15-9-12-5-1-2-6-13(12)10-18-15/h1-8,15,18,20H,9-11H2,(H,19,21)/t15-/m1/s1. The van der Waals surface area contributed by atoms with Crippen LogP contribution in [0.25, 0.3) is 0 Å². The molecule has 1 atom stereocenters. The van der Waals surface area contributed by atoms with Gasteiger partial charge in [-0.3, -0.25) is 4.79 Å². The normalized spacial score (nSPS) is 17.0. The Kier molecular flexibility index (Phi) is 3.88. The first-order valence-corrected chi connectivity index (χ1v) is 7.09. The number of hydrogen-bond donors (Lipinski definition) is 3. The van der Waals surface area contributed by atoms with Crippen molar-refractivity contribution in [2.75, 3.05) is 0 Å². The maximum absolute atomic E-state index is 12.2. The minimum absolute atomic E-state index is 0.0345. The molecule has 0 aliphatic carbocycles. The van der Waals surface area contributed by atoms with Crippen LogP contribution in [0.15, 0.2) is 48.5 Å². The monoisotopic (exact) mass is 282 g/mol. The van der Waals surface area contributed by atoms with Gasteiger partial charge >= 0.3 is 0 Å². The van der Waals surface area contributed by atoms with Crippen LogP contribution in [0.1, 0.15) is 16.7 Å². The van der Waals surface area contributed by atoms with E-state index < -0.39 is 0 Å². The predicted octanol–water partition coefficient (Wildman–Crippen LogP) is 1.72. The van der Waals surface area contributed by atoms with E-state index in [0.717, 1.165) is 5.56 Å². The Morgan fingerprint density at radius 2 is 1.86 bits per heavy atom. The van der Waals surface area contributed by atoms with Gasteiger partial charge in [0.2, 0.25) is 5.91 Å². The average Bonchev–Trinajstić information content (AvgIpc) is 2.53. The molecule has 2 aromatic carbocycles. The predicted molar refractivity (Wildman–Crippen MR) is 80.7 cm³/mol. The molecule has 21 heavy (non-hydrogen) atoms. The summed E-state index contributed by atoms with van der Waals surface area (Å²) < 4.78 is 0. The lowest BCUT2D eigenvalue weighted by molar-refractivity contribution is -0.123. The number of aromatic hydroxyl groups is 1. The highest BCUT2D eigenvalue weighted by atomic mass is 16.3. The van der Waals surface area contributed by atoms with Crippen LogP contribution in [-0.4, -0.2) is 17.1 Å². The zero-order chi connectivity index (χ0) is 14.7. The van der Waals surface area contributed by atoms with E-state index in [2.05, 4.69) is 22.8 Å². The Hall–Kier alpha value is -2.33. The van der Waals surface area contributed by atoms with Crippen LogP contribution in [0, 0.1) is 0 Å². The average molecular weight is 282 g/mol. The zero-order valence-electron chi connectivity index (χ0n) is 11.7. The molecular weight excluding hydrogens is 264 g/mol. The van der Waals surface area contributed by atoms with Crippen LogP contribution in [0.2, 0.25) is 0 Å². The fraction of sp³-hybridized carbons (Fsp3) is 0.235. The fourth-order valence-electron chi connectivity index (χ4n) is 2.61. The van der Waals surface area contributed by atoms with Crippen molar-refractivity contribution >= 4 is 5.91 Å². The van der Waals surface area contributed by atoms with Gasteiger partial charge in [-0.05, 0) is 23.6 Å². The molecule has 0 saturated carbocycles. The summed E-state index contributed by atoms with van der Waals surface area (Å²) in [4.78, 5) is 12.2. The molecule has 1 aliphatic rings. The molecular formula is C17H18N2O2. The molecule has 0 saturated heterocycles. The van der Waals surface area contributed by atoms with E-state index in [1.165, 1.54) is 11.1 Å². The molecule has 1 heterocycles. The Morgan fingerprint density at radius 3 is 2.67 bits per heavy atom. The van der Waals surface area contributed by atoms with Crippen molar-refractivity contribution in [3.63, 3.8) is 0 Å². The van der Waals surface area contributed by atoms with Crippen molar-refractivity contribution in [3.05, 3.63) is 65.2 Å². The van der Waals surface area contributed by atoms with Gasteiger partial charge < -0.3 is 15.7 Å². The van der Waals surface area contributed by atoms with Gasteiger partial charge in [0.05, 0.1) is 6.04 Å². The summed E-state index contributed by atoms with van der Waals surface area (Å²) in [7, 11) is 0. The minimum Gasteiger partial charge on any atom is -0.508 e. The Labute approximate surface area is 123 Å². The largest absolute Gasteiger partial charge is 0.508 e. The summed E-state index contributed by atoms with van der Waals surface area (Å²) in [5.41, 5.74) is 3.20. The summed E-state index contributed by atoms with van der Waals surface area (Å²) in [6.07, 6.45) is 0.697. The summed E-state index contributed by atoms with van der Waals surface area (Å²) >= 11 is 0. The molecule has 4 heteroatoms. The molecule has 2 aromatic rings. The first-order chi connectivity index (χ1) is 10.2. The second kappa shape index (κ2) is 5.97. The van der Waals surface area contributed by atoms with E-state index in [-0.39, 0.29) is 17.7 Å². The summed E-state index contributed by atoms with van der Waals surface area (Å²) in [6.45, 7) is 1.05. The number of phenolic OH excluding ortho intramolecular Hbond substituents is 1. The van der Waals surface area contributed by atoms with Crippen LogP contribution in [-0.2, 0) is 24.3 Å². The number of nitrogens with one attached hydrogen (secondary N) is 2. The second-order valence-corrected chi connectivity index (χ2v) is 5.25. The van der Waals surface area contributed by atoms with E-state index in [1.54, 1.807) is 18.2 Å². The molecule has 0 spiro atoms. The van der Waals surface area contributed by atoms with Gasteiger partial charge in [-0.2, -0.15) is 0 Å². The lowest BCUT2D eigenvalue weighted by atomic mass is 9.95. The lowest BCUT2D eigenvalue weighted by Gasteiger charge is -2.25. The van der Waals surface area contributed by atoms with Crippen molar-refractivity contribution in [1.29, 1.82) is 0 Å². The van der Waals surface area contributed by atoms with E-state index in [9.17, 15) is 9.90 Å². The maximum atomic E-state index is 12.2. The Bertz CT molecular complexity index is 655. The SMILES string of the molecule is O=C(NCc1ccccc1O)[C@H]1Cc2ccccc2CN1. The first-order valence-electron chi connectivity index (χ1n) is 7.09. The first kappa shape index (κ1) is 13.6. The van der Waals surface area contributed by atoms with Crippen LogP contribution in [0.3, 0.4) is 0 Å². The molecule has 1 aliphatic heterocycles. The van der Waals surface area contributed by atoms with Crippen LogP contribution < -0.4 is 10.6 Å². The Morgan fingerprint density at radius 1 is 1.14 bits per heavy atom. The molecule has 0 fully saturated rings. The van der Waals surface area contributed by atoms with Crippen LogP contribution in [0.4, 0.5) is 0 Å². The van der Waals surface area contributed by atoms with Gasteiger partial charge in [0, 0.05) is 18.7 Å². The number of phenols is 1. The summed E-state index contributed by atoms with van der Waals surface area (Å²) in [5, 5.41) is 15.8. The van der Waals surface area contributed by atoms with Crippen LogP contribution >= 0.6 is 0 Å². The number of rotatable bonds is 3. The van der Waals surface area contributed by atoms with Crippen molar-refractivity contribution in [2.45, 2.75) is 25.6 Å². The maximum Gasteiger partial charge on any atom is 0.237 e. The molecule has 1 amide bonds. The van der Waals surface area contributed by atoms with Gasteiger partial charge in [0.1, 0.15) is 5.75 Å².